The zero-order valence-electron chi connectivity index (χ0n) is 14.1. The van der Waals surface area contributed by atoms with Gasteiger partial charge in [0.05, 0.1) is 9.79 Å². The van der Waals surface area contributed by atoms with Gasteiger partial charge in [-0.15, -0.1) is 0 Å². The number of benzene rings is 3. The van der Waals surface area contributed by atoms with Crippen molar-refractivity contribution >= 4 is 20.2 Å². The molecule has 0 atom stereocenters. The van der Waals surface area contributed by atoms with E-state index in [4.69, 9.17) is 18.6 Å². The molecule has 0 aliphatic heterocycles. The van der Waals surface area contributed by atoms with Gasteiger partial charge in [-0.05, 0) is 60.7 Å². The Hall–Kier alpha value is -2.92. The standard InChI is InChI=1S/C18H14O8S2/c19-27(20,21)17-8-4-13(5-9-17)25-15-2-1-3-16(12-15)26-14-6-10-18(11-7-14)28(22,23)24/h1-12H,(H,19,20,21)(H,22,23,24). The molecule has 0 amide bonds. The molecule has 2 N–H and O–H groups in total. The molecule has 0 heterocycles. The Balaban J connectivity index is 1.73. The predicted molar refractivity (Wildman–Crippen MR) is 99.1 cm³/mol. The highest BCUT2D eigenvalue weighted by Gasteiger charge is 2.10. The molecule has 0 fully saturated rings. The summed E-state index contributed by atoms with van der Waals surface area (Å²) in [5.74, 6) is 1.52. The van der Waals surface area contributed by atoms with Crippen LogP contribution in [0.15, 0.2) is 82.6 Å². The third kappa shape index (κ3) is 5.08. The molecule has 146 valence electrons. The fraction of sp³-hybridized carbons (Fsp3) is 0. The molecule has 0 aliphatic carbocycles. The van der Waals surface area contributed by atoms with Crippen molar-refractivity contribution in [1.29, 1.82) is 0 Å². The fourth-order valence-corrected chi connectivity index (χ4v) is 3.19. The summed E-state index contributed by atoms with van der Waals surface area (Å²) in [4.78, 5) is -0.490. The van der Waals surface area contributed by atoms with E-state index in [1.54, 1.807) is 24.3 Å². The summed E-state index contributed by atoms with van der Waals surface area (Å²) in [6, 6.07) is 17.0. The summed E-state index contributed by atoms with van der Waals surface area (Å²) in [7, 11) is -8.55. The maximum atomic E-state index is 11.0. The number of rotatable bonds is 6. The van der Waals surface area contributed by atoms with Gasteiger partial charge in [0.15, 0.2) is 0 Å². The van der Waals surface area contributed by atoms with Gasteiger partial charge in [-0.2, -0.15) is 16.8 Å². The molecule has 8 nitrogen and oxygen atoms in total. The first-order valence-electron chi connectivity index (χ1n) is 7.72. The number of hydrogen-bond acceptors (Lipinski definition) is 6. The summed E-state index contributed by atoms with van der Waals surface area (Å²) in [5.41, 5.74) is 0. The summed E-state index contributed by atoms with van der Waals surface area (Å²) in [6.45, 7) is 0. The van der Waals surface area contributed by atoms with E-state index >= 15 is 0 Å². The molecule has 0 unspecified atom stereocenters. The quantitative estimate of drug-likeness (QED) is 0.575. The second-order valence-electron chi connectivity index (χ2n) is 5.57. The Labute approximate surface area is 161 Å². The van der Waals surface area contributed by atoms with Gasteiger partial charge in [0, 0.05) is 6.07 Å². The largest absolute Gasteiger partial charge is 0.457 e. The van der Waals surface area contributed by atoms with Crippen molar-refractivity contribution in [2.45, 2.75) is 9.79 Å². The van der Waals surface area contributed by atoms with Crippen molar-refractivity contribution in [1.82, 2.24) is 0 Å². The van der Waals surface area contributed by atoms with Gasteiger partial charge in [-0.1, -0.05) is 6.07 Å². The first-order valence-corrected chi connectivity index (χ1v) is 10.6. The predicted octanol–water partition coefficient (Wildman–Crippen LogP) is 3.76. The van der Waals surface area contributed by atoms with Crippen LogP contribution in [0.1, 0.15) is 0 Å². The molecule has 0 saturated carbocycles. The lowest BCUT2D eigenvalue weighted by atomic mass is 10.3. The van der Waals surface area contributed by atoms with Crippen molar-refractivity contribution in [3.8, 4) is 23.0 Å². The average molecular weight is 422 g/mol. The second-order valence-corrected chi connectivity index (χ2v) is 8.41. The van der Waals surface area contributed by atoms with Crippen LogP contribution in [0.25, 0.3) is 0 Å². The van der Waals surface area contributed by atoms with E-state index in [-0.39, 0.29) is 9.79 Å². The van der Waals surface area contributed by atoms with Crippen molar-refractivity contribution in [3.63, 3.8) is 0 Å². The molecule has 0 spiro atoms. The van der Waals surface area contributed by atoms with Gasteiger partial charge in [0.25, 0.3) is 20.2 Å². The minimum atomic E-state index is -4.27. The third-order valence-corrected chi connectivity index (χ3v) is 5.26. The van der Waals surface area contributed by atoms with Gasteiger partial charge in [-0.3, -0.25) is 9.11 Å². The van der Waals surface area contributed by atoms with Crippen LogP contribution in [-0.2, 0) is 20.2 Å². The molecule has 3 aromatic carbocycles. The van der Waals surface area contributed by atoms with E-state index in [1.807, 2.05) is 0 Å². The average Bonchev–Trinajstić information content (AvgIpc) is 2.61. The monoisotopic (exact) mass is 422 g/mol. The molecule has 0 saturated heterocycles. The minimum absolute atomic E-state index is 0.245. The smallest absolute Gasteiger partial charge is 0.294 e. The Kier molecular flexibility index (Phi) is 5.38. The van der Waals surface area contributed by atoms with E-state index in [9.17, 15) is 16.8 Å². The lowest BCUT2D eigenvalue weighted by Gasteiger charge is -2.09. The van der Waals surface area contributed by atoms with E-state index in [2.05, 4.69) is 0 Å². The zero-order chi connectivity index (χ0) is 20.4. The minimum Gasteiger partial charge on any atom is -0.457 e. The van der Waals surface area contributed by atoms with E-state index in [0.717, 1.165) is 0 Å². The maximum absolute atomic E-state index is 11.0. The van der Waals surface area contributed by atoms with Crippen LogP contribution in [0.3, 0.4) is 0 Å². The SMILES string of the molecule is O=S(=O)(O)c1ccc(Oc2cccc(Oc3ccc(S(=O)(=O)O)cc3)c2)cc1. The summed E-state index contributed by atoms with van der Waals surface area (Å²) < 4.78 is 73.4. The van der Waals surface area contributed by atoms with Crippen molar-refractivity contribution in [2.75, 3.05) is 0 Å². The van der Waals surface area contributed by atoms with Crippen molar-refractivity contribution < 1.29 is 35.4 Å². The lowest BCUT2D eigenvalue weighted by Crippen LogP contribution is -1.97. The van der Waals surface area contributed by atoms with Crippen LogP contribution in [-0.4, -0.2) is 25.9 Å². The molecule has 0 bridgehead atoms. The van der Waals surface area contributed by atoms with Gasteiger partial charge < -0.3 is 9.47 Å². The topological polar surface area (TPSA) is 127 Å². The van der Waals surface area contributed by atoms with Gasteiger partial charge in [0.2, 0.25) is 0 Å². The molecule has 3 rings (SSSR count). The fourth-order valence-electron chi connectivity index (χ4n) is 2.23. The molecular weight excluding hydrogens is 408 g/mol. The highest BCUT2D eigenvalue weighted by Crippen LogP contribution is 2.29. The first kappa shape index (κ1) is 19.8. The number of hydrogen-bond donors (Lipinski definition) is 2. The Morgan fingerprint density at radius 2 is 0.893 bits per heavy atom. The Bertz CT molecular complexity index is 1090. The van der Waals surface area contributed by atoms with Crippen molar-refractivity contribution in [3.05, 3.63) is 72.8 Å². The molecule has 3 aromatic rings. The van der Waals surface area contributed by atoms with Crippen LogP contribution < -0.4 is 9.47 Å². The van der Waals surface area contributed by atoms with E-state index in [0.29, 0.717) is 23.0 Å². The summed E-state index contributed by atoms with van der Waals surface area (Å²) >= 11 is 0. The van der Waals surface area contributed by atoms with Crippen LogP contribution >= 0.6 is 0 Å². The lowest BCUT2D eigenvalue weighted by molar-refractivity contribution is 0.459. The Morgan fingerprint density at radius 3 is 1.21 bits per heavy atom. The Morgan fingerprint density at radius 1 is 0.536 bits per heavy atom. The first-order chi connectivity index (χ1) is 13.1. The van der Waals surface area contributed by atoms with Crippen LogP contribution in [0.5, 0.6) is 23.0 Å². The molecule has 10 heteroatoms. The molecule has 28 heavy (non-hydrogen) atoms. The van der Waals surface area contributed by atoms with Crippen LogP contribution in [0.2, 0.25) is 0 Å². The van der Waals surface area contributed by atoms with Crippen LogP contribution in [0, 0.1) is 0 Å². The second kappa shape index (κ2) is 7.60. The van der Waals surface area contributed by atoms with Gasteiger partial charge in [0.1, 0.15) is 23.0 Å². The highest BCUT2D eigenvalue weighted by molar-refractivity contribution is 7.86. The molecule has 0 aliphatic rings. The summed E-state index contributed by atoms with van der Waals surface area (Å²) in [5, 5.41) is 0. The third-order valence-electron chi connectivity index (χ3n) is 3.52. The van der Waals surface area contributed by atoms with E-state index < -0.39 is 20.2 Å². The number of ether oxygens (including phenoxy) is 2. The van der Waals surface area contributed by atoms with Crippen LogP contribution in [0.4, 0.5) is 0 Å². The van der Waals surface area contributed by atoms with Gasteiger partial charge >= 0.3 is 0 Å². The normalized spacial score (nSPS) is 11.8. The highest BCUT2D eigenvalue weighted by atomic mass is 32.2. The van der Waals surface area contributed by atoms with Crippen molar-refractivity contribution in [2.24, 2.45) is 0 Å². The molecule has 0 aromatic heterocycles. The molecular formula is C18H14O8S2. The van der Waals surface area contributed by atoms with Gasteiger partial charge in [-0.25, -0.2) is 0 Å². The summed E-state index contributed by atoms with van der Waals surface area (Å²) in [6.07, 6.45) is 0. The maximum Gasteiger partial charge on any atom is 0.294 e. The molecule has 0 radical (unpaired) electrons. The zero-order valence-corrected chi connectivity index (χ0v) is 15.7. The van der Waals surface area contributed by atoms with E-state index in [1.165, 1.54) is 48.5 Å².